The van der Waals surface area contributed by atoms with E-state index >= 15 is 0 Å². The van der Waals surface area contributed by atoms with Crippen LogP contribution in [0.4, 0.5) is 10.1 Å². The lowest BCUT2D eigenvalue weighted by Gasteiger charge is -2.37. The number of rotatable bonds is 2. The van der Waals surface area contributed by atoms with E-state index < -0.39 is 0 Å². The zero-order valence-corrected chi connectivity index (χ0v) is 10.9. The van der Waals surface area contributed by atoms with Crippen LogP contribution >= 0.6 is 15.9 Å². The third-order valence-corrected chi connectivity index (χ3v) is 3.70. The molecule has 1 saturated heterocycles. The predicted octanol–water partition coefficient (Wildman–Crippen LogP) is 2.78. The molecule has 1 aliphatic heterocycles. The molecule has 1 heterocycles. The Bertz CT molecular complexity index is 370. The summed E-state index contributed by atoms with van der Waals surface area (Å²) in [4.78, 5) is 2.28. The number of nitrogens with one attached hydrogen (secondary N) is 1. The highest BCUT2D eigenvalue weighted by atomic mass is 79.9. The van der Waals surface area contributed by atoms with Crippen LogP contribution in [-0.4, -0.2) is 25.7 Å². The van der Waals surface area contributed by atoms with Crippen molar-refractivity contribution in [1.82, 2.24) is 5.32 Å². The number of anilines is 1. The Kier molecular flexibility index (Phi) is 3.82. The molecule has 1 aromatic carbocycles. The van der Waals surface area contributed by atoms with E-state index in [1.807, 2.05) is 6.07 Å². The maximum absolute atomic E-state index is 13.5. The van der Waals surface area contributed by atoms with Crippen LogP contribution in [0.25, 0.3) is 0 Å². The van der Waals surface area contributed by atoms with Crippen LogP contribution in [0.5, 0.6) is 0 Å². The molecule has 16 heavy (non-hydrogen) atoms. The SMILES string of the molecule is CCC1CNCCN1c1ccc(Br)c(F)c1. The van der Waals surface area contributed by atoms with Gasteiger partial charge in [-0.05, 0) is 40.5 Å². The van der Waals surface area contributed by atoms with Crippen molar-refractivity contribution in [3.63, 3.8) is 0 Å². The Labute approximate surface area is 104 Å². The van der Waals surface area contributed by atoms with E-state index in [2.05, 4.69) is 33.1 Å². The average Bonchev–Trinajstić information content (AvgIpc) is 2.32. The molecule has 1 atom stereocenters. The van der Waals surface area contributed by atoms with Gasteiger partial charge in [0, 0.05) is 31.4 Å². The molecule has 0 spiro atoms. The van der Waals surface area contributed by atoms with Gasteiger partial charge in [-0.2, -0.15) is 0 Å². The summed E-state index contributed by atoms with van der Waals surface area (Å²) < 4.78 is 14.0. The smallest absolute Gasteiger partial charge is 0.139 e. The third kappa shape index (κ3) is 2.38. The van der Waals surface area contributed by atoms with Gasteiger partial charge in [0.1, 0.15) is 5.82 Å². The van der Waals surface area contributed by atoms with Crippen molar-refractivity contribution in [2.75, 3.05) is 24.5 Å². The molecule has 0 aliphatic carbocycles. The molecule has 1 aromatic rings. The summed E-state index contributed by atoms with van der Waals surface area (Å²) in [6.45, 7) is 5.06. The fourth-order valence-electron chi connectivity index (χ4n) is 2.13. The van der Waals surface area contributed by atoms with Gasteiger partial charge in [-0.1, -0.05) is 6.92 Å². The minimum Gasteiger partial charge on any atom is -0.366 e. The molecule has 1 N–H and O–H groups in total. The highest BCUT2D eigenvalue weighted by Gasteiger charge is 2.21. The molecular formula is C12H16BrFN2. The van der Waals surface area contributed by atoms with Gasteiger partial charge >= 0.3 is 0 Å². The summed E-state index contributed by atoms with van der Waals surface area (Å²) in [6, 6.07) is 5.83. The van der Waals surface area contributed by atoms with Crippen molar-refractivity contribution >= 4 is 21.6 Å². The molecule has 1 fully saturated rings. The number of nitrogens with zero attached hydrogens (tertiary/aromatic N) is 1. The van der Waals surface area contributed by atoms with Crippen molar-refractivity contribution in [2.24, 2.45) is 0 Å². The van der Waals surface area contributed by atoms with E-state index in [0.717, 1.165) is 31.7 Å². The van der Waals surface area contributed by atoms with E-state index in [9.17, 15) is 4.39 Å². The van der Waals surface area contributed by atoms with Gasteiger partial charge in [0.05, 0.1) is 4.47 Å². The summed E-state index contributed by atoms with van der Waals surface area (Å²) in [5, 5.41) is 3.37. The van der Waals surface area contributed by atoms with Crippen LogP contribution in [0.3, 0.4) is 0 Å². The Hall–Kier alpha value is -0.610. The topological polar surface area (TPSA) is 15.3 Å². The largest absolute Gasteiger partial charge is 0.366 e. The second kappa shape index (κ2) is 5.15. The number of halogens is 2. The molecule has 1 aliphatic rings. The average molecular weight is 287 g/mol. The van der Waals surface area contributed by atoms with Gasteiger partial charge in [0.25, 0.3) is 0 Å². The lowest BCUT2D eigenvalue weighted by Crippen LogP contribution is -2.51. The van der Waals surface area contributed by atoms with Crippen LogP contribution in [-0.2, 0) is 0 Å². The molecule has 0 saturated carbocycles. The molecule has 4 heteroatoms. The number of hydrogen-bond donors (Lipinski definition) is 1. The summed E-state index contributed by atoms with van der Waals surface area (Å²) in [5.74, 6) is -0.189. The monoisotopic (exact) mass is 286 g/mol. The van der Waals surface area contributed by atoms with Crippen LogP contribution in [0, 0.1) is 5.82 Å². The van der Waals surface area contributed by atoms with Gasteiger partial charge in [-0.15, -0.1) is 0 Å². The van der Waals surface area contributed by atoms with E-state index in [4.69, 9.17) is 0 Å². The number of hydrogen-bond acceptors (Lipinski definition) is 2. The summed E-state index contributed by atoms with van der Waals surface area (Å²) >= 11 is 3.18. The van der Waals surface area contributed by atoms with Gasteiger partial charge in [0.15, 0.2) is 0 Å². The van der Waals surface area contributed by atoms with Crippen molar-refractivity contribution < 1.29 is 4.39 Å². The number of benzene rings is 1. The van der Waals surface area contributed by atoms with E-state index in [1.54, 1.807) is 12.1 Å². The lowest BCUT2D eigenvalue weighted by molar-refractivity contribution is 0.465. The first-order chi connectivity index (χ1) is 7.72. The van der Waals surface area contributed by atoms with E-state index in [-0.39, 0.29) is 5.82 Å². The second-order valence-corrected chi connectivity index (χ2v) is 4.91. The van der Waals surface area contributed by atoms with Crippen LogP contribution in [0.2, 0.25) is 0 Å². The molecule has 0 aromatic heterocycles. The highest BCUT2D eigenvalue weighted by Crippen LogP contribution is 2.25. The first-order valence-corrected chi connectivity index (χ1v) is 6.44. The normalized spacial score (nSPS) is 21.2. The van der Waals surface area contributed by atoms with Crippen LogP contribution in [0.15, 0.2) is 22.7 Å². The van der Waals surface area contributed by atoms with Gasteiger partial charge in [-0.3, -0.25) is 0 Å². The minimum absolute atomic E-state index is 0.189. The zero-order chi connectivity index (χ0) is 11.5. The van der Waals surface area contributed by atoms with E-state index in [0.29, 0.717) is 10.5 Å². The van der Waals surface area contributed by atoms with Crippen LogP contribution in [0.1, 0.15) is 13.3 Å². The van der Waals surface area contributed by atoms with Gasteiger partial charge < -0.3 is 10.2 Å². The molecule has 0 radical (unpaired) electrons. The zero-order valence-electron chi connectivity index (χ0n) is 9.34. The van der Waals surface area contributed by atoms with Gasteiger partial charge in [0.2, 0.25) is 0 Å². The van der Waals surface area contributed by atoms with E-state index in [1.165, 1.54) is 0 Å². The first-order valence-electron chi connectivity index (χ1n) is 5.64. The van der Waals surface area contributed by atoms with Crippen molar-refractivity contribution in [1.29, 1.82) is 0 Å². The fourth-order valence-corrected chi connectivity index (χ4v) is 2.38. The Morgan fingerprint density at radius 2 is 2.38 bits per heavy atom. The van der Waals surface area contributed by atoms with Crippen molar-refractivity contribution in [2.45, 2.75) is 19.4 Å². The standard InChI is InChI=1S/C12H16BrFN2/c1-2-9-8-15-5-6-16(9)10-3-4-11(13)12(14)7-10/h3-4,7,9,15H,2,5-6,8H2,1H3. The second-order valence-electron chi connectivity index (χ2n) is 4.06. The quantitative estimate of drug-likeness (QED) is 0.899. The number of piperazine rings is 1. The summed E-state index contributed by atoms with van der Waals surface area (Å²) in [7, 11) is 0. The van der Waals surface area contributed by atoms with Crippen molar-refractivity contribution in [3.8, 4) is 0 Å². The minimum atomic E-state index is -0.189. The van der Waals surface area contributed by atoms with Crippen molar-refractivity contribution in [3.05, 3.63) is 28.5 Å². The lowest BCUT2D eigenvalue weighted by atomic mass is 10.1. The van der Waals surface area contributed by atoms with Crippen LogP contribution < -0.4 is 10.2 Å². The Morgan fingerprint density at radius 1 is 1.56 bits per heavy atom. The predicted molar refractivity (Wildman–Crippen MR) is 68.4 cm³/mol. The van der Waals surface area contributed by atoms with Gasteiger partial charge in [-0.25, -0.2) is 4.39 Å². The Balaban J connectivity index is 2.23. The molecular weight excluding hydrogens is 271 g/mol. The highest BCUT2D eigenvalue weighted by molar-refractivity contribution is 9.10. The maximum atomic E-state index is 13.5. The summed E-state index contributed by atoms with van der Waals surface area (Å²) in [5.41, 5.74) is 0.981. The summed E-state index contributed by atoms with van der Waals surface area (Å²) in [6.07, 6.45) is 1.07. The third-order valence-electron chi connectivity index (χ3n) is 3.06. The maximum Gasteiger partial charge on any atom is 0.139 e. The molecule has 2 nitrogen and oxygen atoms in total. The fraction of sp³-hybridized carbons (Fsp3) is 0.500. The molecule has 0 amide bonds. The first kappa shape index (κ1) is 11.9. The Morgan fingerprint density at radius 3 is 3.06 bits per heavy atom. The molecule has 1 unspecified atom stereocenters. The molecule has 2 rings (SSSR count). The molecule has 0 bridgehead atoms. The molecule has 88 valence electrons.